The van der Waals surface area contributed by atoms with Crippen LogP contribution in [0.15, 0.2) is 0 Å². The first-order chi connectivity index (χ1) is 2.41. The zero-order chi connectivity index (χ0) is 4.12. The zero-order valence-corrected chi connectivity index (χ0v) is 7.34. The fourth-order valence-corrected chi connectivity index (χ4v) is 0.462. The molecular formula is C2H6O2Pb. The van der Waals surface area contributed by atoms with Crippen LogP contribution in [0.1, 0.15) is 0 Å². The van der Waals surface area contributed by atoms with Gasteiger partial charge in [-0.3, -0.25) is 0 Å². The van der Waals surface area contributed by atoms with E-state index in [0.717, 1.165) is 0 Å². The molecular weight excluding hydrogens is 263 g/mol. The van der Waals surface area contributed by atoms with E-state index >= 15 is 0 Å². The molecule has 2 nitrogen and oxygen atoms in total. The van der Waals surface area contributed by atoms with Gasteiger partial charge in [0.25, 0.3) is 0 Å². The van der Waals surface area contributed by atoms with E-state index in [0.29, 0.717) is 32.8 Å². The van der Waals surface area contributed by atoms with Gasteiger partial charge in [-0.2, -0.15) is 0 Å². The van der Waals surface area contributed by atoms with E-state index in [-0.39, 0.29) is 6.61 Å². The van der Waals surface area contributed by atoms with E-state index in [9.17, 15) is 0 Å². The quantitative estimate of drug-likeness (QED) is 0.639. The van der Waals surface area contributed by atoms with Crippen molar-refractivity contribution < 1.29 is 7.79 Å². The Labute approximate surface area is 47.5 Å². The second-order valence-electron chi connectivity index (χ2n) is 0.594. The van der Waals surface area contributed by atoms with E-state index in [2.05, 4.69) is 2.69 Å². The molecule has 0 atom stereocenters. The van der Waals surface area contributed by atoms with Crippen molar-refractivity contribution in [2.45, 2.75) is 0 Å². The second kappa shape index (κ2) is 4.84. The third kappa shape index (κ3) is 4.84. The summed E-state index contributed by atoms with van der Waals surface area (Å²) in [6, 6.07) is 0. The van der Waals surface area contributed by atoms with Crippen LogP contribution in [0.2, 0.25) is 0 Å². The van der Waals surface area contributed by atoms with Crippen molar-refractivity contribution in [3.8, 4) is 0 Å². The van der Waals surface area contributed by atoms with Crippen LogP contribution >= 0.6 is 0 Å². The van der Waals surface area contributed by atoms with Gasteiger partial charge in [0.05, 0.1) is 0 Å². The van der Waals surface area contributed by atoms with Crippen molar-refractivity contribution in [2.24, 2.45) is 0 Å². The molecule has 0 aromatic rings. The number of aliphatic hydroxyl groups excluding tert-OH is 1. The second-order valence-corrected chi connectivity index (χ2v) is 1.89. The van der Waals surface area contributed by atoms with Gasteiger partial charge in [0.2, 0.25) is 0 Å². The Bertz CT molecular complexity index is 15.1. The summed E-state index contributed by atoms with van der Waals surface area (Å²) in [7, 11) is 0. The summed E-state index contributed by atoms with van der Waals surface area (Å²) in [5.41, 5.74) is 0. The first-order valence-electron chi connectivity index (χ1n) is 1.34. The molecule has 0 aliphatic rings. The molecule has 1 N–H and O–H groups in total. The molecule has 0 unspecified atom stereocenters. The van der Waals surface area contributed by atoms with Crippen LogP contribution in [0, 0.1) is 0 Å². The van der Waals surface area contributed by atoms with Crippen molar-refractivity contribution in [1.82, 2.24) is 0 Å². The van der Waals surface area contributed by atoms with Gasteiger partial charge in [0.15, 0.2) is 0 Å². The van der Waals surface area contributed by atoms with Gasteiger partial charge in [-0.05, 0) is 0 Å². The first kappa shape index (κ1) is 5.84. The topological polar surface area (TPSA) is 29.5 Å². The van der Waals surface area contributed by atoms with Crippen LogP contribution in [-0.4, -0.2) is 44.5 Å². The van der Waals surface area contributed by atoms with Crippen molar-refractivity contribution >= 4 is 26.2 Å². The van der Waals surface area contributed by atoms with E-state index in [4.69, 9.17) is 5.11 Å². The molecule has 2 radical (unpaired) electrons. The van der Waals surface area contributed by atoms with Gasteiger partial charge in [-0.1, -0.05) is 0 Å². The minimum absolute atomic E-state index is 0.163. The summed E-state index contributed by atoms with van der Waals surface area (Å²) in [5, 5.41) is 7.97. The van der Waals surface area contributed by atoms with Crippen LogP contribution in [0.5, 0.6) is 0 Å². The molecule has 0 saturated heterocycles. The van der Waals surface area contributed by atoms with Gasteiger partial charge in [0.1, 0.15) is 0 Å². The molecule has 0 aliphatic carbocycles. The third-order valence-corrected chi connectivity index (χ3v) is 1.13. The Morgan fingerprint density at radius 3 is 2.40 bits per heavy atom. The Morgan fingerprint density at radius 1 is 1.80 bits per heavy atom. The number of aliphatic hydroxyl groups is 1. The van der Waals surface area contributed by atoms with Gasteiger partial charge < -0.3 is 0 Å². The van der Waals surface area contributed by atoms with E-state index < -0.39 is 0 Å². The maximum absolute atomic E-state index is 7.97. The number of hydrogen-bond acceptors (Lipinski definition) is 2. The van der Waals surface area contributed by atoms with Crippen LogP contribution < -0.4 is 0 Å². The molecule has 0 amide bonds. The SMILES string of the molecule is OCC[O][PbH]. The molecule has 0 rings (SSSR count). The molecule has 0 aromatic carbocycles. The summed E-state index contributed by atoms with van der Waals surface area (Å²) in [6.07, 6.45) is 0. The Balaban J connectivity index is 2.19. The fourth-order valence-electron chi connectivity index (χ4n) is 0.0527. The molecule has 3 heteroatoms. The molecule has 0 aliphatic heterocycles. The Hall–Kier alpha value is 0.842. The van der Waals surface area contributed by atoms with Crippen LogP contribution in [-0.2, 0) is 2.69 Å². The molecule has 0 fully saturated rings. The standard InChI is InChI=1S/C2H5O2.Pb.H/c3-1-2-4;;/h3H,1-2H2;;/q-1;+1;. The number of hydrogen-bond donors (Lipinski definition) is 1. The average molecular weight is 269 g/mol. The molecule has 0 heterocycles. The van der Waals surface area contributed by atoms with Crippen LogP contribution in [0.4, 0.5) is 0 Å². The predicted octanol–water partition coefficient (Wildman–Crippen LogP) is -1.19. The summed E-state index contributed by atoms with van der Waals surface area (Å²) in [6.45, 7) is 0.682. The van der Waals surface area contributed by atoms with E-state index in [1.54, 1.807) is 0 Å². The Morgan fingerprint density at radius 2 is 2.40 bits per heavy atom. The van der Waals surface area contributed by atoms with E-state index in [1.807, 2.05) is 0 Å². The van der Waals surface area contributed by atoms with Gasteiger partial charge in [0, 0.05) is 0 Å². The number of rotatable bonds is 2. The first-order valence-corrected chi connectivity index (χ1v) is 3.17. The van der Waals surface area contributed by atoms with Crippen molar-refractivity contribution in [2.75, 3.05) is 13.2 Å². The molecule has 0 aromatic heterocycles. The third-order valence-electron chi connectivity index (χ3n) is 0.209. The van der Waals surface area contributed by atoms with Crippen molar-refractivity contribution in [3.63, 3.8) is 0 Å². The van der Waals surface area contributed by atoms with Crippen LogP contribution in [0.25, 0.3) is 0 Å². The van der Waals surface area contributed by atoms with Crippen molar-refractivity contribution in [3.05, 3.63) is 0 Å². The molecule has 5 heavy (non-hydrogen) atoms. The fraction of sp³-hybridized carbons (Fsp3) is 1.00. The molecule has 0 bridgehead atoms. The normalized spacial score (nSPS) is 8.40. The summed E-state index contributed by atoms with van der Waals surface area (Å²) in [4.78, 5) is 0. The van der Waals surface area contributed by atoms with Crippen LogP contribution in [0.3, 0.4) is 0 Å². The molecule has 0 saturated carbocycles. The summed E-state index contributed by atoms with van der Waals surface area (Å²) in [5.74, 6) is 0. The monoisotopic (exact) mass is 270 g/mol. The van der Waals surface area contributed by atoms with Gasteiger partial charge >= 0.3 is 47.2 Å². The van der Waals surface area contributed by atoms with Gasteiger partial charge in [-0.25, -0.2) is 0 Å². The average Bonchev–Trinajstić information content (AvgIpc) is 1.41. The van der Waals surface area contributed by atoms with E-state index in [1.165, 1.54) is 0 Å². The Kier molecular flexibility index (Phi) is 5.66. The zero-order valence-electron chi connectivity index (χ0n) is 2.85. The summed E-state index contributed by atoms with van der Waals surface area (Å²) >= 11 is 0.576. The molecule has 30 valence electrons. The minimum atomic E-state index is 0.163. The molecule has 0 spiro atoms. The summed E-state index contributed by atoms with van der Waals surface area (Å²) < 4.78 is 4.61. The van der Waals surface area contributed by atoms with Crippen molar-refractivity contribution in [1.29, 1.82) is 0 Å². The van der Waals surface area contributed by atoms with Gasteiger partial charge in [-0.15, -0.1) is 0 Å². The predicted molar refractivity (Wildman–Crippen MR) is 20.2 cm³/mol. The maximum atomic E-state index is 7.97.